The van der Waals surface area contributed by atoms with Gasteiger partial charge in [0.1, 0.15) is 0 Å². The number of nitrogens with zero attached hydrogens (tertiary/aromatic N) is 4. The number of halogens is 1. The molecule has 3 rings (SSSR count). The fourth-order valence-electron chi connectivity index (χ4n) is 2.10. The third kappa shape index (κ3) is 2.30. The van der Waals surface area contributed by atoms with Crippen LogP contribution in [-0.2, 0) is 0 Å². The van der Waals surface area contributed by atoms with Gasteiger partial charge < -0.3 is 10.5 Å². The van der Waals surface area contributed by atoms with Crippen LogP contribution in [-0.4, -0.2) is 27.3 Å². The number of aromatic nitrogens is 4. The summed E-state index contributed by atoms with van der Waals surface area (Å²) in [6, 6.07) is 12.7. The second kappa shape index (κ2) is 5.41. The first-order valence-corrected chi connectivity index (χ1v) is 6.56. The lowest BCUT2D eigenvalue weighted by atomic mass is 10.1. The smallest absolute Gasteiger partial charge is 0.190 e. The number of hydrogen-bond donors (Lipinski definition) is 1. The van der Waals surface area contributed by atoms with Gasteiger partial charge in [-0.15, -0.1) is 5.10 Å². The van der Waals surface area contributed by atoms with Gasteiger partial charge in [-0.3, -0.25) is 0 Å². The fraction of sp³-hybridized carbons (Fsp3) is 0.0714. The first-order chi connectivity index (χ1) is 10.2. The zero-order chi connectivity index (χ0) is 14.8. The van der Waals surface area contributed by atoms with Crippen LogP contribution in [0.3, 0.4) is 0 Å². The van der Waals surface area contributed by atoms with E-state index in [4.69, 9.17) is 22.1 Å². The Morgan fingerprint density at radius 2 is 1.95 bits per heavy atom. The van der Waals surface area contributed by atoms with Crippen molar-refractivity contribution < 1.29 is 4.74 Å². The number of hydrogen-bond acceptors (Lipinski definition) is 5. The molecule has 0 fully saturated rings. The number of nitrogen functional groups attached to an aromatic ring is 1. The van der Waals surface area contributed by atoms with Crippen LogP contribution < -0.4 is 10.5 Å². The molecule has 0 radical (unpaired) electrons. The lowest BCUT2D eigenvalue weighted by Gasteiger charge is -2.11. The Labute approximate surface area is 126 Å². The average molecular weight is 302 g/mol. The van der Waals surface area contributed by atoms with Crippen molar-refractivity contribution in [2.24, 2.45) is 0 Å². The molecule has 0 saturated heterocycles. The molecular formula is C14H12ClN5O. The highest BCUT2D eigenvalue weighted by Crippen LogP contribution is 2.34. The summed E-state index contributed by atoms with van der Waals surface area (Å²) < 4.78 is 6.91. The van der Waals surface area contributed by atoms with E-state index < -0.39 is 0 Å². The van der Waals surface area contributed by atoms with Crippen molar-refractivity contribution in [1.29, 1.82) is 0 Å². The highest BCUT2D eigenvalue weighted by atomic mass is 35.5. The topological polar surface area (TPSA) is 78.8 Å². The predicted molar refractivity (Wildman–Crippen MR) is 80.6 cm³/mol. The van der Waals surface area contributed by atoms with Gasteiger partial charge >= 0.3 is 0 Å². The van der Waals surface area contributed by atoms with Gasteiger partial charge in [0.25, 0.3) is 0 Å². The highest BCUT2D eigenvalue weighted by molar-refractivity contribution is 6.32. The van der Waals surface area contributed by atoms with Crippen molar-refractivity contribution in [2.75, 3.05) is 12.8 Å². The van der Waals surface area contributed by atoms with Crippen LogP contribution in [0.15, 0.2) is 42.5 Å². The number of rotatable bonds is 3. The maximum absolute atomic E-state index is 6.21. The van der Waals surface area contributed by atoms with Crippen molar-refractivity contribution in [3.63, 3.8) is 0 Å². The molecule has 0 bridgehead atoms. The van der Waals surface area contributed by atoms with Gasteiger partial charge in [-0.2, -0.15) is 4.68 Å². The molecule has 0 aliphatic heterocycles. The third-order valence-corrected chi connectivity index (χ3v) is 3.36. The molecule has 0 saturated carbocycles. The van der Waals surface area contributed by atoms with Crippen molar-refractivity contribution >= 4 is 17.3 Å². The van der Waals surface area contributed by atoms with Gasteiger partial charge in [-0.05, 0) is 34.7 Å². The van der Waals surface area contributed by atoms with E-state index in [0.717, 1.165) is 0 Å². The quantitative estimate of drug-likeness (QED) is 0.752. The second-order valence-corrected chi connectivity index (χ2v) is 4.70. The SMILES string of the molecule is COc1c(N)cccc1-c1nnnn1-c1ccccc1Cl. The van der Waals surface area contributed by atoms with Crippen LogP contribution in [0, 0.1) is 0 Å². The number of benzene rings is 2. The molecule has 0 atom stereocenters. The zero-order valence-corrected chi connectivity index (χ0v) is 11.9. The first kappa shape index (κ1) is 13.4. The minimum absolute atomic E-state index is 0.507. The monoisotopic (exact) mass is 301 g/mol. The number of anilines is 1. The second-order valence-electron chi connectivity index (χ2n) is 4.29. The summed E-state index contributed by atoms with van der Waals surface area (Å²) in [7, 11) is 1.55. The minimum Gasteiger partial charge on any atom is -0.494 e. The van der Waals surface area contributed by atoms with E-state index in [9.17, 15) is 0 Å². The van der Waals surface area contributed by atoms with E-state index in [1.54, 1.807) is 23.9 Å². The van der Waals surface area contributed by atoms with Gasteiger partial charge in [0.05, 0.1) is 29.1 Å². The molecule has 0 aliphatic rings. The lowest BCUT2D eigenvalue weighted by Crippen LogP contribution is -2.02. The van der Waals surface area contributed by atoms with E-state index in [1.165, 1.54) is 0 Å². The molecule has 7 heteroatoms. The maximum Gasteiger partial charge on any atom is 0.190 e. The van der Waals surface area contributed by atoms with E-state index in [0.29, 0.717) is 33.5 Å². The highest BCUT2D eigenvalue weighted by Gasteiger charge is 2.17. The van der Waals surface area contributed by atoms with Gasteiger partial charge in [0.2, 0.25) is 0 Å². The Bertz CT molecular complexity index is 787. The number of nitrogens with two attached hydrogens (primary N) is 1. The summed E-state index contributed by atoms with van der Waals surface area (Å²) in [4.78, 5) is 0. The van der Waals surface area contributed by atoms with Crippen molar-refractivity contribution in [3.05, 3.63) is 47.5 Å². The standard InChI is InChI=1S/C14H12ClN5O/c1-21-13-9(5-4-7-11(13)16)14-17-18-19-20(14)12-8-3-2-6-10(12)15/h2-8H,16H2,1H3. The summed E-state index contributed by atoms with van der Waals surface area (Å²) in [5.74, 6) is 1.04. The molecule has 2 aromatic carbocycles. The molecule has 0 amide bonds. The molecule has 6 nitrogen and oxygen atoms in total. The van der Waals surface area contributed by atoms with Crippen molar-refractivity contribution in [1.82, 2.24) is 20.2 Å². The Hall–Kier alpha value is -2.60. The van der Waals surface area contributed by atoms with Crippen LogP contribution in [0.1, 0.15) is 0 Å². The Morgan fingerprint density at radius 1 is 1.14 bits per heavy atom. The zero-order valence-electron chi connectivity index (χ0n) is 11.2. The van der Waals surface area contributed by atoms with Crippen LogP contribution in [0.2, 0.25) is 5.02 Å². The predicted octanol–water partition coefficient (Wildman–Crippen LogP) is 2.57. The van der Waals surface area contributed by atoms with E-state index in [2.05, 4.69) is 15.5 Å². The molecule has 106 valence electrons. The summed E-state index contributed by atoms with van der Waals surface area (Å²) in [5, 5.41) is 12.3. The van der Waals surface area contributed by atoms with Gasteiger partial charge in [0, 0.05) is 0 Å². The Kier molecular flexibility index (Phi) is 3.45. The summed E-state index contributed by atoms with van der Waals surface area (Å²) in [6.07, 6.45) is 0. The van der Waals surface area contributed by atoms with Gasteiger partial charge in [-0.1, -0.05) is 29.8 Å². The first-order valence-electron chi connectivity index (χ1n) is 6.18. The molecule has 0 aliphatic carbocycles. The maximum atomic E-state index is 6.21. The number of para-hydroxylation sites is 2. The number of ether oxygens (including phenoxy) is 1. The largest absolute Gasteiger partial charge is 0.494 e. The molecule has 1 aromatic heterocycles. The van der Waals surface area contributed by atoms with E-state index >= 15 is 0 Å². The molecule has 2 N–H and O–H groups in total. The molecule has 0 unspecified atom stereocenters. The molecule has 0 spiro atoms. The summed E-state index contributed by atoms with van der Waals surface area (Å²) in [6.45, 7) is 0. The number of tetrazole rings is 1. The van der Waals surface area contributed by atoms with Crippen LogP contribution in [0.25, 0.3) is 17.1 Å². The van der Waals surface area contributed by atoms with Crippen molar-refractivity contribution in [2.45, 2.75) is 0 Å². The normalized spacial score (nSPS) is 10.6. The van der Waals surface area contributed by atoms with Gasteiger partial charge in [0.15, 0.2) is 11.6 Å². The van der Waals surface area contributed by atoms with Crippen LogP contribution in [0.5, 0.6) is 5.75 Å². The van der Waals surface area contributed by atoms with E-state index in [-0.39, 0.29) is 0 Å². The summed E-state index contributed by atoms with van der Waals surface area (Å²) >= 11 is 6.21. The Morgan fingerprint density at radius 3 is 2.71 bits per heavy atom. The Balaban J connectivity index is 2.21. The number of methoxy groups -OCH3 is 1. The van der Waals surface area contributed by atoms with Crippen LogP contribution in [0.4, 0.5) is 5.69 Å². The summed E-state index contributed by atoms with van der Waals surface area (Å²) in [5.41, 5.74) is 7.83. The molecule has 1 heterocycles. The molecule has 3 aromatic rings. The third-order valence-electron chi connectivity index (χ3n) is 3.04. The van der Waals surface area contributed by atoms with Gasteiger partial charge in [-0.25, -0.2) is 0 Å². The van der Waals surface area contributed by atoms with Crippen molar-refractivity contribution in [3.8, 4) is 22.8 Å². The average Bonchev–Trinajstić information content (AvgIpc) is 2.96. The van der Waals surface area contributed by atoms with E-state index in [1.807, 2.05) is 30.3 Å². The minimum atomic E-state index is 0.507. The fourth-order valence-corrected chi connectivity index (χ4v) is 2.32. The molecular weight excluding hydrogens is 290 g/mol. The molecule has 21 heavy (non-hydrogen) atoms. The van der Waals surface area contributed by atoms with Crippen LogP contribution >= 0.6 is 11.6 Å². The lowest BCUT2D eigenvalue weighted by molar-refractivity contribution is 0.418.